The van der Waals surface area contributed by atoms with E-state index >= 15 is 0 Å². The number of methoxy groups -OCH3 is 1. The average Bonchev–Trinajstić information content (AvgIpc) is 2.24. The van der Waals surface area contributed by atoms with Gasteiger partial charge in [0.25, 0.3) is 0 Å². The van der Waals surface area contributed by atoms with E-state index in [4.69, 9.17) is 9.47 Å². The van der Waals surface area contributed by atoms with Crippen LogP contribution in [0.3, 0.4) is 0 Å². The van der Waals surface area contributed by atoms with Crippen molar-refractivity contribution < 1.29 is 14.3 Å². The van der Waals surface area contributed by atoms with Gasteiger partial charge in [-0.05, 0) is 26.3 Å². The van der Waals surface area contributed by atoms with Crippen LogP contribution in [0, 0.1) is 0 Å². The summed E-state index contributed by atoms with van der Waals surface area (Å²) in [6.07, 6.45) is -0.0105. The van der Waals surface area contributed by atoms with Crippen molar-refractivity contribution in [2.75, 3.05) is 7.11 Å². The normalized spacial score (nSPS) is 13.2. The van der Waals surface area contributed by atoms with Gasteiger partial charge < -0.3 is 9.47 Å². The molecule has 0 aliphatic rings. The van der Waals surface area contributed by atoms with Crippen LogP contribution in [-0.2, 0) is 14.3 Å². The second kappa shape index (κ2) is 5.82. The molecule has 0 N–H and O–H groups in total. The van der Waals surface area contributed by atoms with Crippen molar-refractivity contribution in [2.45, 2.75) is 38.9 Å². The maximum absolute atomic E-state index is 11.7. The summed E-state index contributed by atoms with van der Waals surface area (Å²) in [4.78, 5) is 11.7. The van der Waals surface area contributed by atoms with Gasteiger partial charge in [-0.15, -0.1) is 0 Å². The van der Waals surface area contributed by atoms with Gasteiger partial charge in [-0.3, -0.25) is 4.79 Å². The third-order valence-corrected chi connectivity index (χ3v) is 2.23. The Bertz CT molecular complexity index is 351. The number of hydrogen-bond donors (Lipinski definition) is 0. The lowest BCUT2D eigenvalue weighted by molar-refractivity contribution is -0.157. The number of esters is 1. The quantitative estimate of drug-likeness (QED) is 0.753. The predicted octanol–water partition coefficient (Wildman–Crippen LogP) is 3.11. The Morgan fingerprint density at radius 2 is 1.82 bits per heavy atom. The van der Waals surface area contributed by atoms with Gasteiger partial charge in [0.05, 0.1) is 12.5 Å². The highest BCUT2D eigenvalue weighted by molar-refractivity contribution is 5.70. The summed E-state index contributed by atoms with van der Waals surface area (Å²) >= 11 is 0. The highest BCUT2D eigenvalue weighted by Gasteiger charge is 2.21. The number of rotatable bonds is 4. The van der Waals surface area contributed by atoms with E-state index in [0.29, 0.717) is 0 Å². The van der Waals surface area contributed by atoms with Crippen molar-refractivity contribution in [3.8, 4) is 0 Å². The monoisotopic (exact) mass is 236 g/mol. The summed E-state index contributed by atoms with van der Waals surface area (Å²) in [5.41, 5.74) is 0.535. The molecule has 0 aromatic heterocycles. The van der Waals surface area contributed by atoms with E-state index < -0.39 is 5.60 Å². The molecule has 17 heavy (non-hydrogen) atoms. The highest BCUT2D eigenvalue weighted by atomic mass is 16.6. The number of ether oxygens (including phenoxy) is 2. The first-order valence-electron chi connectivity index (χ1n) is 5.72. The molecule has 0 spiro atoms. The molecule has 1 rings (SSSR count). The third kappa shape index (κ3) is 5.00. The molecule has 0 aliphatic heterocycles. The van der Waals surface area contributed by atoms with Gasteiger partial charge in [0.2, 0.25) is 0 Å². The highest BCUT2D eigenvalue weighted by Crippen LogP contribution is 2.21. The van der Waals surface area contributed by atoms with Crippen molar-refractivity contribution in [2.24, 2.45) is 0 Å². The van der Waals surface area contributed by atoms with E-state index in [2.05, 4.69) is 0 Å². The zero-order valence-electron chi connectivity index (χ0n) is 10.9. The van der Waals surface area contributed by atoms with Gasteiger partial charge in [0.1, 0.15) is 5.60 Å². The van der Waals surface area contributed by atoms with E-state index in [0.717, 1.165) is 5.56 Å². The SMILES string of the molecule is COC(CC(=O)OC(C)(C)C)c1ccccc1. The molecule has 3 heteroatoms. The fourth-order valence-electron chi connectivity index (χ4n) is 1.54. The van der Waals surface area contributed by atoms with Crippen LogP contribution in [-0.4, -0.2) is 18.7 Å². The van der Waals surface area contributed by atoms with Crippen LogP contribution in [0.4, 0.5) is 0 Å². The second-order valence-electron chi connectivity index (χ2n) is 4.93. The fourth-order valence-corrected chi connectivity index (χ4v) is 1.54. The van der Waals surface area contributed by atoms with Crippen LogP contribution in [0.2, 0.25) is 0 Å². The molecule has 0 amide bonds. The Morgan fingerprint density at radius 3 is 2.29 bits per heavy atom. The van der Waals surface area contributed by atoms with E-state index in [1.165, 1.54) is 0 Å². The maximum atomic E-state index is 11.7. The average molecular weight is 236 g/mol. The third-order valence-electron chi connectivity index (χ3n) is 2.23. The number of carbonyl (C=O) groups is 1. The van der Waals surface area contributed by atoms with Crippen LogP contribution in [0.15, 0.2) is 30.3 Å². The van der Waals surface area contributed by atoms with Crippen LogP contribution >= 0.6 is 0 Å². The zero-order chi connectivity index (χ0) is 12.9. The standard InChI is InChI=1S/C14H20O3/c1-14(2,3)17-13(15)10-12(16-4)11-8-6-5-7-9-11/h5-9,12H,10H2,1-4H3. The maximum Gasteiger partial charge on any atom is 0.309 e. The minimum absolute atomic E-state index is 0.234. The predicted molar refractivity (Wildman–Crippen MR) is 66.7 cm³/mol. The first-order valence-corrected chi connectivity index (χ1v) is 5.72. The van der Waals surface area contributed by atoms with E-state index in [-0.39, 0.29) is 18.5 Å². The number of carbonyl (C=O) groups excluding carboxylic acids is 1. The topological polar surface area (TPSA) is 35.5 Å². The Hall–Kier alpha value is -1.35. The number of benzene rings is 1. The van der Waals surface area contributed by atoms with Crippen molar-refractivity contribution in [3.63, 3.8) is 0 Å². The molecule has 0 bridgehead atoms. The largest absolute Gasteiger partial charge is 0.460 e. The van der Waals surface area contributed by atoms with E-state index in [1.807, 2.05) is 51.1 Å². The van der Waals surface area contributed by atoms with Crippen molar-refractivity contribution >= 4 is 5.97 Å². The summed E-state index contributed by atoms with van der Waals surface area (Å²) < 4.78 is 10.6. The van der Waals surface area contributed by atoms with Crippen molar-refractivity contribution in [1.82, 2.24) is 0 Å². The minimum atomic E-state index is -0.452. The van der Waals surface area contributed by atoms with Gasteiger partial charge in [0.15, 0.2) is 0 Å². The lowest BCUT2D eigenvalue weighted by Crippen LogP contribution is -2.25. The smallest absolute Gasteiger partial charge is 0.309 e. The molecule has 1 aromatic rings. The lowest BCUT2D eigenvalue weighted by atomic mass is 10.1. The van der Waals surface area contributed by atoms with Crippen LogP contribution in [0.1, 0.15) is 38.9 Å². The minimum Gasteiger partial charge on any atom is -0.460 e. The van der Waals surface area contributed by atoms with Crippen LogP contribution in [0.5, 0.6) is 0 Å². The van der Waals surface area contributed by atoms with Gasteiger partial charge in [-0.1, -0.05) is 30.3 Å². The molecule has 0 heterocycles. The molecular weight excluding hydrogens is 216 g/mol. The first kappa shape index (κ1) is 13.7. The van der Waals surface area contributed by atoms with Crippen LogP contribution < -0.4 is 0 Å². The van der Waals surface area contributed by atoms with Gasteiger partial charge in [-0.2, -0.15) is 0 Å². The van der Waals surface area contributed by atoms with E-state index in [1.54, 1.807) is 7.11 Å². The first-order chi connectivity index (χ1) is 7.92. The van der Waals surface area contributed by atoms with Gasteiger partial charge in [0, 0.05) is 7.11 Å². The summed E-state index contributed by atoms with van der Waals surface area (Å²) in [6, 6.07) is 9.67. The second-order valence-corrected chi connectivity index (χ2v) is 4.93. The van der Waals surface area contributed by atoms with Gasteiger partial charge in [-0.25, -0.2) is 0 Å². The molecule has 0 saturated heterocycles. The Kier molecular flexibility index (Phi) is 4.70. The molecule has 94 valence electrons. The molecule has 1 unspecified atom stereocenters. The molecule has 0 radical (unpaired) electrons. The lowest BCUT2D eigenvalue weighted by Gasteiger charge is -2.22. The van der Waals surface area contributed by atoms with Crippen molar-refractivity contribution in [3.05, 3.63) is 35.9 Å². The molecule has 0 saturated carbocycles. The Morgan fingerprint density at radius 1 is 1.24 bits per heavy atom. The van der Waals surface area contributed by atoms with E-state index in [9.17, 15) is 4.79 Å². The molecule has 1 atom stereocenters. The van der Waals surface area contributed by atoms with Gasteiger partial charge >= 0.3 is 5.97 Å². The summed E-state index contributed by atoms with van der Waals surface area (Å²) in [5.74, 6) is -0.242. The zero-order valence-corrected chi connectivity index (χ0v) is 10.9. The fraction of sp³-hybridized carbons (Fsp3) is 0.500. The number of hydrogen-bond acceptors (Lipinski definition) is 3. The molecular formula is C14H20O3. The Balaban J connectivity index is 2.62. The van der Waals surface area contributed by atoms with Crippen LogP contribution in [0.25, 0.3) is 0 Å². The summed E-state index contributed by atoms with van der Waals surface area (Å²) in [6.45, 7) is 5.57. The van der Waals surface area contributed by atoms with Crippen molar-refractivity contribution in [1.29, 1.82) is 0 Å². The summed E-state index contributed by atoms with van der Waals surface area (Å²) in [5, 5.41) is 0. The molecule has 1 aromatic carbocycles. The molecule has 3 nitrogen and oxygen atoms in total. The summed E-state index contributed by atoms with van der Waals surface area (Å²) in [7, 11) is 1.60. The molecule has 0 fully saturated rings. The Labute approximate surface area is 103 Å². The molecule has 0 aliphatic carbocycles.